The monoisotopic (exact) mass is 366 g/mol. The molecule has 3 rings (SSSR count). The number of pyridine rings is 1. The van der Waals surface area contributed by atoms with Crippen LogP contribution in [0.25, 0.3) is 17.2 Å². The second-order valence-electron chi connectivity index (χ2n) is 6.88. The van der Waals surface area contributed by atoms with Crippen LogP contribution in [-0.2, 0) is 11.5 Å². The molecule has 0 aliphatic heterocycles. The van der Waals surface area contributed by atoms with Crippen LogP contribution in [0.5, 0.6) is 0 Å². The molecule has 0 radical (unpaired) electrons. The largest absolute Gasteiger partial charge is 0.361 e. The molecule has 0 unspecified atom stereocenters. The predicted molar refractivity (Wildman–Crippen MR) is 95.5 cm³/mol. The molecule has 0 N–H and O–H groups in total. The van der Waals surface area contributed by atoms with E-state index in [0.29, 0.717) is 23.9 Å². The summed E-state index contributed by atoms with van der Waals surface area (Å²) in [5, 5.41) is 0.0759. The number of hydrogen-bond acceptors (Lipinski definition) is 3. The molecule has 3 aromatic heterocycles. The van der Waals surface area contributed by atoms with E-state index in [-0.39, 0.29) is 5.02 Å². The topological polar surface area (TPSA) is 44.3 Å². The van der Waals surface area contributed by atoms with Gasteiger partial charge in [-0.15, -0.1) is 0 Å². The summed E-state index contributed by atoms with van der Waals surface area (Å²) in [6.07, 6.45) is 6.66. The molecular formula is C16H20ClFN4OSi. The van der Waals surface area contributed by atoms with Crippen molar-refractivity contribution in [2.45, 2.75) is 32.4 Å². The molecule has 0 aliphatic carbocycles. The third kappa shape index (κ3) is 3.53. The molecule has 8 heteroatoms. The quantitative estimate of drug-likeness (QED) is 0.482. The zero-order chi connectivity index (χ0) is 17.3. The van der Waals surface area contributed by atoms with E-state index in [4.69, 9.17) is 16.3 Å². The number of nitrogens with zero attached hydrogens (tertiary/aromatic N) is 4. The predicted octanol–water partition coefficient (Wildman–Crippen LogP) is 4.30. The van der Waals surface area contributed by atoms with Gasteiger partial charge in [0.2, 0.25) is 0 Å². The van der Waals surface area contributed by atoms with Gasteiger partial charge in [0, 0.05) is 33.3 Å². The van der Waals surface area contributed by atoms with Crippen molar-refractivity contribution >= 4 is 25.2 Å². The van der Waals surface area contributed by atoms with Crippen LogP contribution in [0.4, 0.5) is 4.39 Å². The lowest BCUT2D eigenvalue weighted by molar-refractivity contribution is 0.0882. The van der Waals surface area contributed by atoms with E-state index in [1.807, 2.05) is 10.8 Å². The third-order valence-corrected chi connectivity index (χ3v) is 5.74. The van der Waals surface area contributed by atoms with Crippen LogP contribution < -0.4 is 0 Å². The Morgan fingerprint density at radius 1 is 1.21 bits per heavy atom. The molecule has 0 saturated heterocycles. The molecular weight excluding hydrogens is 347 g/mol. The fourth-order valence-electron chi connectivity index (χ4n) is 2.34. The zero-order valence-corrected chi connectivity index (χ0v) is 15.7. The van der Waals surface area contributed by atoms with Crippen molar-refractivity contribution in [1.82, 2.24) is 18.9 Å². The fourth-order valence-corrected chi connectivity index (χ4v) is 3.25. The van der Waals surface area contributed by atoms with Gasteiger partial charge >= 0.3 is 0 Å². The van der Waals surface area contributed by atoms with Crippen LogP contribution in [0.15, 0.2) is 30.9 Å². The maximum atomic E-state index is 14.1. The van der Waals surface area contributed by atoms with Gasteiger partial charge in [-0.25, -0.2) is 14.4 Å². The number of ether oxygens (including phenoxy) is 1. The first-order valence-electron chi connectivity index (χ1n) is 7.77. The first-order valence-corrected chi connectivity index (χ1v) is 11.9. The minimum Gasteiger partial charge on any atom is -0.361 e. The van der Waals surface area contributed by atoms with Gasteiger partial charge in [-0.3, -0.25) is 4.40 Å². The molecule has 24 heavy (non-hydrogen) atoms. The summed E-state index contributed by atoms with van der Waals surface area (Å²) in [7, 11) is -1.11. The summed E-state index contributed by atoms with van der Waals surface area (Å²) in [5.41, 5.74) is 0.326. The van der Waals surface area contributed by atoms with Crippen molar-refractivity contribution in [3.05, 3.63) is 41.7 Å². The van der Waals surface area contributed by atoms with E-state index in [9.17, 15) is 4.39 Å². The molecule has 128 valence electrons. The number of halogens is 2. The Kier molecular flexibility index (Phi) is 4.75. The van der Waals surface area contributed by atoms with Crippen molar-refractivity contribution in [3.63, 3.8) is 0 Å². The van der Waals surface area contributed by atoms with Gasteiger partial charge in [0.1, 0.15) is 12.2 Å². The molecule has 0 atom stereocenters. The Morgan fingerprint density at radius 2 is 2.00 bits per heavy atom. The molecule has 0 amide bonds. The Morgan fingerprint density at radius 3 is 2.75 bits per heavy atom. The normalized spacial score (nSPS) is 12.2. The first kappa shape index (κ1) is 17.1. The summed E-state index contributed by atoms with van der Waals surface area (Å²) >= 11 is 5.82. The van der Waals surface area contributed by atoms with Crippen molar-refractivity contribution in [2.75, 3.05) is 6.61 Å². The molecule has 0 saturated carbocycles. The van der Waals surface area contributed by atoms with Crippen LogP contribution in [0.2, 0.25) is 30.7 Å². The summed E-state index contributed by atoms with van der Waals surface area (Å²) in [5.74, 6) is 0.700. The fraction of sp³-hybridized carbons (Fsp3) is 0.375. The van der Waals surface area contributed by atoms with Gasteiger partial charge < -0.3 is 9.30 Å². The van der Waals surface area contributed by atoms with Gasteiger partial charge in [0.05, 0.1) is 11.2 Å². The van der Waals surface area contributed by atoms with Crippen molar-refractivity contribution in [2.24, 2.45) is 0 Å². The summed E-state index contributed by atoms with van der Waals surface area (Å²) in [6.45, 7) is 8.06. The summed E-state index contributed by atoms with van der Waals surface area (Å²) in [4.78, 5) is 8.64. The lowest BCUT2D eigenvalue weighted by atomic mass is 10.4. The van der Waals surface area contributed by atoms with Crippen LogP contribution in [-0.4, -0.2) is 33.6 Å². The SMILES string of the molecule is C[Si](C)(C)CCOCn1ccnc1-c1ncc2c(F)c(Cl)ccn12. The molecule has 3 aromatic rings. The summed E-state index contributed by atoms with van der Waals surface area (Å²) < 4.78 is 23.4. The van der Waals surface area contributed by atoms with E-state index in [2.05, 4.69) is 29.6 Å². The van der Waals surface area contributed by atoms with Gasteiger partial charge in [0.15, 0.2) is 17.5 Å². The molecule has 0 bridgehead atoms. The van der Waals surface area contributed by atoms with Gasteiger partial charge in [-0.2, -0.15) is 0 Å². The molecule has 5 nitrogen and oxygen atoms in total. The lowest BCUT2D eigenvalue weighted by Crippen LogP contribution is -2.22. The van der Waals surface area contributed by atoms with E-state index in [1.54, 1.807) is 16.8 Å². The summed E-state index contributed by atoms with van der Waals surface area (Å²) in [6, 6.07) is 2.61. The third-order valence-electron chi connectivity index (χ3n) is 3.74. The van der Waals surface area contributed by atoms with E-state index < -0.39 is 13.9 Å². The maximum Gasteiger partial charge on any atom is 0.181 e. The first-order chi connectivity index (χ1) is 11.4. The standard InChI is InChI=1S/C16H20ClFN4OSi/c1-24(2,3)9-8-23-11-21-7-5-19-15(21)16-20-10-13-14(18)12(17)4-6-22(13)16/h4-7,10H,8-9,11H2,1-3H3. The number of fused-ring (bicyclic) bond motifs is 1. The Balaban J connectivity index is 1.82. The van der Waals surface area contributed by atoms with Crippen molar-refractivity contribution < 1.29 is 9.13 Å². The molecule has 3 heterocycles. The minimum absolute atomic E-state index is 0.0759. The molecule has 0 fully saturated rings. The second kappa shape index (κ2) is 6.66. The van der Waals surface area contributed by atoms with Gasteiger partial charge in [-0.1, -0.05) is 31.2 Å². The van der Waals surface area contributed by atoms with Crippen LogP contribution in [0.1, 0.15) is 0 Å². The van der Waals surface area contributed by atoms with E-state index in [0.717, 1.165) is 12.7 Å². The van der Waals surface area contributed by atoms with Gasteiger partial charge in [-0.05, 0) is 12.1 Å². The van der Waals surface area contributed by atoms with Crippen LogP contribution in [0.3, 0.4) is 0 Å². The molecule has 0 aromatic carbocycles. The maximum absolute atomic E-state index is 14.1. The highest BCUT2D eigenvalue weighted by Gasteiger charge is 2.16. The Hall–Kier alpha value is -1.70. The molecule has 0 aliphatic rings. The highest BCUT2D eigenvalue weighted by atomic mass is 35.5. The second-order valence-corrected chi connectivity index (χ2v) is 12.9. The highest BCUT2D eigenvalue weighted by molar-refractivity contribution is 6.76. The lowest BCUT2D eigenvalue weighted by Gasteiger charge is -2.16. The number of aromatic nitrogens is 4. The number of imidazole rings is 2. The van der Waals surface area contributed by atoms with Crippen molar-refractivity contribution in [3.8, 4) is 11.6 Å². The number of rotatable bonds is 6. The van der Waals surface area contributed by atoms with Crippen LogP contribution in [0, 0.1) is 5.82 Å². The van der Waals surface area contributed by atoms with E-state index >= 15 is 0 Å². The average molecular weight is 367 g/mol. The minimum atomic E-state index is -1.11. The molecule has 0 spiro atoms. The van der Waals surface area contributed by atoms with Gasteiger partial charge in [0.25, 0.3) is 0 Å². The van der Waals surface area contributed by atoms with E-state index in [1.165, 1.54) is 12.3 Å². The Labute approximate surface area is 146 Å². The van der Waals surface area contributed by atoms with Crippen LogP contribution >= 0.6 is 11.6 Å². The van der Waals surface area contributed by atoms with Crippen molar-refractivity contribution in [1.29, 1.82) is 0 Å². The smallest absolute Gasteiger partial charge is 0.181 e. The highest BCUT2D eigenvalue weighted by Crippen LogP contribution is 2.24. The number of hydrogen-bond donors (Lipinski definition) is 0. The zero-order valence-electron chi connectivity index (χ0n) is 14.0. The average Bonchev–Trinajstić information content (AvgIpc) is 3.12. The Bertz CT molecular complexity index is 855.